The summed E-state index contributed by atoms with van der Waals surface area (Å²) in [5, 5.41) is 0. The van der Waals surface area contributed by atoms with E-state index >= 15 is 0 Å². The van der Waals surface area contributed by atoms with Crippen LogP contribution >= 0.6 is 0 Å². The van der Waals surface area contributed by atoms with Gasteiger partial charge in [-0.25, -0.2) is 4.39 Å². The van der Waals surface area contributed by atoms with Crippen molar-refractivity contribution in [3.63, 3.8) is 0 Å². The van der Waals surface area contributed by atoms with Gasteiger partial charge in [-0.15, -0.1) is 0 Å². The van der Waals surface area contributed by atoms with E-state index in [1.165, 1.54) is 0 Å². The molecule has 2 N–H and O–H groups in total. The van der Waals surface area contributed by atoms with Crippen molar-refractivity contribution in [3.8, 4) is 0 Å². The normalized spacial score (nSPS) is 22.7. The highest BCUT2D eigenvalue weighted by atomic mass is 19.1. The third-order valence-electron chi connectivity index (χ3n) is 4.15. The summed E-state index contributed by atoms with van der Waals surface area (Å²) in [6, 6.07) is 3.81. The number of hydrogen-bond donors (Lipinski definition) is 1. The van der Waals surface area contributed by atoms with E-state index in [1.54, 1.807) is 6.07 Å². The van der Waals surface area contributed by atoms with Gasteiger partial charge in [0.1, 0.15) is 5.82 Å². The maximum Gasteiger partial charge on any atom is 0.126 e. The topological polar surface area (TPSA) is 32.5 Å². The van der Waals surface area contributed by atoms with E-state index in [0.29, 0.717) is 11.6 Å². The first-order valence-corrected chi connectivity index (χ1v) is 7.41. The van der Waals surface area contributed by atoms with Crippen LogP contribution in [0.1, 0.15) is 37.4 Å². The van der Waals surface area contributed by atoms with Gasteiger partial charge in [0.05, 0.1) is 0 Å². The predicted octanol–water partition coefficient (Wildman–Crippen LogP) is 2.68. The van der Waals surface area contributed by atoms with Crippen molar-refractivity contribution >= 4 is 5.69 Å². The predicted molar refractivity (Wildman–Crippen MR) is 82.7 cm³/mol. The summed E-state index contributed by atoms with van der Waals surface area (Å²) < 4.78 is 13.8. The van der Waals surface area contributed by atoms with Gasteiger partial charge in [0.25, 0.3) is 0 Å². The number of nitrogens with two attached hydrogens (primary N) is 1. The molecule has 1 aliphatic rings. The molecule has 0 amide bonds. The van der Waals surface area contributed by atoms with Gasteiger partial charge in [-0.1, -0.05) is 0 Å². The van der Waals surface area contributed by atoms with Crippen LogP contribution in [0.5, 0.6) is 0 Å². The molecule has 0 bridgehead atoms. The molecule has 1 aliphatic heterocycles. The second-order valence-corrected chi connectivity index (χ2v) is 6.11. The van der Waals surface area contributed by atoms with Crippen LogP contribution in [-0.4, -0.2) is 37.6 Å². The van der Waals surface area contributed by atoms with E-state index in [0.717, 1.165) is 37.3 Å². The number of nitrogens with zero attached hydrogens (tertiary/aromatic N) is 2. The van der Waals surface area contributed by atoms with Gasteiger partial charge in [0.15, 0.2) is 0 Å². The molecule has 2 atom stereocenters. The van der Waals surface area contributed by atoms with Crippen molar-refractivity contribution in [2.24, 2.45) is 5.73 Å². The minimum Gasteiger partial charge on any atom is -0.367 e. The molecule has 0 spiro atoms. The SMILES string of the molecule is Cc1cc(N2CCCN(C)CC2C)c(C(C)N)cc1F. The Kier molecular flexibility index (Phi) is 4.66. The van der Waals surface area contributed by atoms with E-state index in [2.05, 4.69) is 23.8 Å². The number of likely N-dealkylation sites (N-methyl/N-ethyl adjacent to an activating group) is 1. The molecular weight excluding hydrogens is 253 g/mol. The molecule has 1 aromatic rings. The van der Waals surface area contributed by atoms with Crippen molar-refractivity contribution in [2.75, 3.05) is 31.6 Å². The Morgan fingerprint density at radius 1 is 1.35 bits per heavy atom. The zero-order valence-corrected chi connectivity index (χ0v) is 13.0. The summed E-state index contributed by atoms with van der Waals surface area (Å²) in [7, 11) is 2.16. The molecule has 0 radical (unpaired) electrons. The lowest BCUT2D eigenvalue weighted by molar-refractivity contribution is 0.337. The van der Waals surface area contributed by atoms with Gasteiger partial charge in [0, 0.05) is 30.9 Å². The molecular formula is C16H26FN3. The Morgan fingerprint density at radius 2 is 2.05 bits per heavy atom. The molecule has 4 heteroatoms. The summed E-state index contributed by atoms with van der Waals surface area (Å²) in [5.41, 5.74) is 8.74. The zero-order valence-electron chi connectivity index (χ0n) is 13.0. The summed E-state index contributed by atoms with van der Waals surface area (Å²) in [5.74, 6) is -0.166. The smallest absolute Gasteiger partial charge is 0.126 e. The van der Waals surface area contributed by atoms with Gasteiger partial charge in [-0.05, 0) is 64.0 Å². The highest BCUT2D eigenvalue weighted by molar-refractivity contribution is 5.58. The van der Waals surface area contributed by atoms with E-state index in [9.17, 15) is 4.39 Å². The van der Waals surface area contributed by atoms with Crippen molar-refractivity contribution in [3.05, 3.63) is 29.1 Å². The highest BCUT2D eigenvalue weighted by Gasteiger charge is 2.23. The summed E-state index contributed by atoms with van der Waals surface area (Å²) in [6.07, 6.45) is 1.12. The minimum atomic E-state index is -0.166. The Bertz CT molecular complexity index is 473. The molecule has 0 saturated carbocycles. The van der Waals surface area contributed by atoms with Crippen molar-refractivity contribution in [1.82, 2.24) is 4.90 Å². The lowest BCUT2D eigenvalue weighted by Gasteiger charge is -2.33. The molecule has 1 heterocycles. The lowest BCUT2D eigenvalue weighted by atomic mass is 10.0. The first kappa shape index (κ1) is 15.3. The largest absolute Gasteiger partial charge is 0.367 e. The van der Waals surface area contributed by atoms with Gasteiger partial charge in [-0.2, -0.15) is 0 Å². The molecule has 1 saturated heterocycles. The van der Waals surface area contributed by atoms with Crippen molar-refractivity contribution in [2.45, 2.75) is 39.3 Å². The quantitative estimate of drug-likeness (QED) is 0.903. The Balaban J connectivity index is 2.42. The minimum absolute atomic E-state index is 0.159. The number of aryl methyl sites for hydroxylation is 1. The molecule has 3 nitrogen and oxygen atoms in total. The molecule has 0 aliphatic carbocycles. The zero-order chi connectivity index (χ0) is 14.9. The number of rotatable bonds is 2. The molecule has 2 unspecified atom stereocenters. The van der Waals surface area contributed by atoms with Gasteiger partial charge < -0.3 is 15.5 Å². The average molecular weight is 279 g/mol. The number of benzene rings is 1. The van der Waals surface area contributed by atoms with Crippen LogP contribution in [0.15, 0.2) is 12.1 Å². The van der Waals surface area contributed by atoms with E-state index in [4.69, 9.17) is 5.73 Å². The van der Waals surface area contributed by atoms with Crippen LogP contribution in [0.4, 0.5) is 10.1 Å². The van der Waals surface area contributed by atoms with Gasteiger partial charge in [0.2, 0.25) is 0 Å². The Morgan fingerprint density at radius 3 is 2.70 bits per heavy atom. The number of hydrogen-bond acceptors (Lipinski definition) is 3. The lowest BCUT2D eigenvalue weighted by Crippen LogP contribution is -2.38. The number of anilines is 1. The first-order valence-electron chi connectivity index (χ1n) is 7.41. The van der Waals surface area contributed by atoms with E-state index in [-0.39, 0.29) is 11.9 Å². The maximum absolute atomic E-state index is 13.8. The van der Waals surface area contributed by atoms with Crippen LogP contribution in [-0.2, 0) is 0 Å². The fourth-order valence-corrected chi connectivity index (χ4v) is 3.03. The van der Waals surface area contributed by atoms with E-state index in [1.807, 2.05) is 19.9 Å². The second kappa shape index (κ2) is 6.10. The first-order chi connectivity index (χ1) is 9.40. The molecule has 0 aromatic heterocycles. The Labute approximate surface area is 121 Å². The summed E-state index contributed by atoms with van der Waals surface area (Å²) >= 11 is 0. The molecule has 1 fully saturated rings. The molecule has 1 aromatic carbocycles. The fourth-order valence-electron chi connectivity index (χ4n) is 3.03. The van der Waals surface area contributed by atoms with E-state index < -0.39 is 0 Å². The van der Waals surface area contributed by atoms with Crippen LogP contribution in [0.3, 0.4) is 0 Å². The average Bonchev–Trinajstić information content (AvgIpc) is 2.52. The third kappa shape index (κ3) is 3.13. The fraction of sp³-hybridized carbons (Fsp3) is 0.625. The molecule has 112 valence electrons. The molecule has 2 rings (SSSR count). The monoisotopic (exact) mass is 279 g/mol. The summed E-state index contributed by atoms with van der Waals surface area (Å²) in [4.78, 5) is 4.74. The van der Waals surface area contributed by atoms with Gasteiger partial charge >= 0.3 is 0 Å². The molecule has 20 heavy (non-hydrogen) atoms. The van der Waals surface area contributed by atoms with Crippen LogP contribution < -0.4 is 10.6 Å². The standard InChI is InChI=1S/C16H26FN3/c1-11-8-16(14(13(3)18)9-15(11)17)20-7-5-6-19(4)10-12(20)2/h8-9,12-13H,5-7,10,18H2,1-4H3. The van der Waals surface area contributed by atoms with Crippen molar-refractivity contribution in [1.29, 1.82) is 0 Å². The van der Waals surface area contributed by atoms with Crippen LogP contribution in [0.25, 0.3) is 0 Å². The van der Waals surface area contributed by atoms with Crippen LogP contribution in [0.2, 0.25) is 0 Å². The Hall–Kier alpha value is -1.13. The third-order valence-corrected chi connectivity index (χ3v) is 4.15. The van der Waals surface area contributed by atoms with Gasteiger partial charge in [-0.3, -0.25) is 0 Å². The second-order valence-electron chi connectivity index (χ2n) is 6.11. The number of halogens is 1. The van der Waals surface area contributed by atoms with Crippen molar-refractivity contribution < 1.29 is 4.39 Å². The highest BCUT2D eigenvalue weighted by Crippen LogP contribution is 2.30. The summed E-state index contributed by atoms with van der Waals surface area (Å²) in [6.45, 7) is 9.09. The maximum atomic E-state index is 13.8. The van der Waals surface area contributed by atoms with Crippen LogP contribution in [0, 0.1) is 12.7 Å².